The van der Waals surface area contributed by atoms with Crippen molar-refractivity contribution < 1.29 is 27.7 Å². The van der Waals surface area contributed by atoms with Crippen LogP contribution in [0.1, 0.15) is 25.0 Å². The molecule has 16 heteroatoms. The largest absolute Gasteiger partial charge is 0.399 e. The number of nitrogens with zero attached hydrogens (tertiary/aromatic N) is 6. The van der Waals surface area contributed by atoms with Crippen molar-refractivity contribution >= 4 is 88.1 Å². The SMILES string of the molecule is CON=C(C)C1(Br)C(=O)N(C)N=C1c1ccc(S(C)=O)cc1.CON=C(C)C1(Br)C(=O)N(C)N=C1c1ccc(S(C)=O)cc1. The Morgan fingerprint density at radius 1 is 0.705 bits per heavy atom. The van der Waals surface area contributed by atoms with E-state index in [0.717, 1.165) is 11.1 Å². The number of carbonyl (C=O) groups excluding carboxylic acids is 2. The molecule has 4 rings (SSSR count). The summed E-state index contributed by atoms with van der Waals surface area (Å²) < 4.78 is 20.6. The molecule has 2 aromatic carbocycles. The Bertz CT molecular complexity index is 1490. The van der Waals surface area contributed by atoms with Gasteiger partial charge in [-0.2, -0.15) is 10.2 Å². The molecule has 0 radical (unpaired) electrons. The van der Waals surface area contributed by atoms with Crippen LogP contribution in [0.15, 0.2) is 78.8 Å². The van der Waals surface area contributed by atoms with Crippen molar-refractivity contribution in [3.63, 3.8) is 0 Å². The molecule has 2 aliphatic heterocycles. The topological polar surface area (TPSA) is 143 Å². The maximum absolute atomic E-state index is 12.5. The molecule has 2 amide bonds. The predicted molar refractivity (Wildman–Crippen MR) is 180 cm³/mol. The van der Waals surface area contributed by atoms with Crippen molar-refractivity contribution in [3.8, 4) is 0 Å². The standard InChI is InChI=1S/2C14H16BrN3O3S/c2*1-9(17-21-3)14(15)12(16-18(2)13(14)19)10-5-7-11(8-6-10)22(4)20/h2*5-8H,1-4H3. The molecule has 2 aromatic rings. The summed E-state index contributed by atoms with van der Waals surface area (Å²) >= 11 is 6.95. The maximum Gasteiger partial charge on any atom is 0.271 e. The van der Waals surface area contributed by atoms with Crippen LogP contribution in [0.3, 0.4) is 0 Å². The molecule has 0 fully saturated rings. The van der Waals surface area contributed by atoms with Gasteiger partial charge in [0.15, 0.2) is 8.65 Å². The molecule has 2 aliphatic rings. The third-order valence-electron chi connectivity index (χ3n) is 6.70. The summed E-state index contributed by atoms with van der Waals surface area (Å²) in [6, 6.07) is 14.2. The molecular weight excluding hydrogens is 740 g/mol. The van der Waals surface area contributed by atoms with Gasteiger partial charge >= 0.3 is 0 Å². The Morgan fingerprint density at radius 3 is 1.25 bits per heavy atom. The van der Waals surface area contributed by atoms with Crippen molar-refractivity contribution in [2.75, 3.05) is 40.8 Å². The summed E-state index contributed by atoms with van der Waals surface area (Å²) in [5, 5.41) is 18.9. The number of alkyl halides is 2. The van der Waals surface area contributed by atoms with E-state index in [0.29, 0.717) is 32.6 Å². The molecule has 0 saturated carbocycles. The van der Waals surface area contributed by atoms with Gasteiger partial charge in [0.05, 0.1) is 11.4 Å². The highest BCUT2D eigenvalue weighted by atomic mass is 79.9. The third-order valence-corrected chi connectivity index (χ3v) is 11.2. The molecule has 0 aromatic heterocycles. The van der Waals surface area contributed by atoms with Crippen LogP contribution in [-0.2, 0) is 40.9 Å². The van der Waals surface area contributed by atoms with Gasteiger partial charge in [0.2, 0.25) is 0 Å². The van der Waals surface area contributed by atoms with E-state index < -0.39 is 30.2 Å². The van der Waals surface area contributed by atoms with E-state index in [1.165, 1.54) is 24.2 Å². The monoisotopic (exact) mass is 770 g/mol. The van der Waals surface area contributed by atoms with Crippen LogP contribution >= 0.6 is 31.9 Å². The lowest BCUT2D eigenvalue weighted by molar-refractivity contribution is -0.128. The number of hydrazone groups is 2. The summed E-state index contributed by atoms with van der Waals surface area (Å²) in [6.45, 7) is 3.39. The first-order chi connectivity index (χ1) is 20.6. The Labute approximate surface area is 277 Å². The van der Waals surface area contributed by atoms with Crippen molar-refractivity contribution in [2.45, 2.75) is 32.3 Å². The summed E-state index contributed by atoms with van der Waals surface area (Å²) in [7, 11) is 3.90. The molecule has 4 unspecified atom stereocenters. The minimum Gasteiger partial charge on any atom is -0.399 e. The van der Waals surface area contributed by atoms with Gasteiger partial charge in [0.25, 0.3) is 11.8 Å². The van der Waals surface area contributed by atoms with Gasteiger partial charge in [0, 0.05) is 69.1 Å². The van der Waals surface area contributed by atoms with Crippen LogP contribution < -0.4 is 0 Å². The second-order valence-electron chi connectivity index (χ2n) is 9.55. The predicted octanol–water partition coefficient (Wildman–Crippen LogP) is 3.51. The fraction of sp³-hybridized carbons (Fsp3) is 0.357. The van der Waals surface area contributed by atoms with E-state index in [1.54, 1.807) is 89.0 Å². The molecule has 12 nitrogen and oxygen atoms in total. The van der Waals surface area contributed by atoms with E-state index in [2.05, 4.69) is 52.4 Å². The Balaban J connectivity index is 0.000000240. The molecule has 44 heavy (non-hydrogen) atoms. The second-order valence-corrected chi connectivity index (χ2v) is 14.7. The molecule has 0 bridgehead atoms. The number of amides is 2. The smallest absolute Gasteiger partial charge is 0.271 e. The normalized spacial score (nSPS) is 23.5. The molecule has 2 heterocycles. The minimum atomic E-state index is -1.16. The quantitative estimate of drug-likeness (QED) is 0.229. The highest BCUT2D eigenvalue weighted by molar-refractivity contribution is 9.11. The zero-order valence-electron chi connectivity index (χ0n) is 25.3. The van der Waals surface area contributed by atoms with Crippen LogP contribution in [0.5, 0.6) is 0 Å². The number of carbonyl (C=O) groups is 2. The van der Waals surface area contributed by atoms with Crippen LogP contribution in [-0.4, -0.2) is 103 Å². The zero-order chi connectivity index (χ0) is 33.0. The van der Waals surface area contributed by atoms with Crippen molar-refractivity contribution in [3.05, 3.63) is 59.7 Å². The molecule has 4 atom stereocenters. The maximum atomic E-state index is 12.5. The Kier molecular flexibility index (Phi) is 11.5. The lowest BCUT2D eigenvalue weighted by atomic mass is 9.93. The van der Waals surface area contributed by atoms with E-state index in [-0.39, 0.29) is 11.8 Å². The van der Waals surface area contributed by atoms with Gasteiger partial charge in [-0.05, 0) is 38.1 Å². The van der Waals surface area contributed by atoms with Crippen LogP contribution in [0.2, 0.25) is 0 Å². The van der Waals surface area contributed by atoms with E-state index in [9.17, 15) is 18.0 Å². The van der Waals surface area contributed by atoms with Gasteiger partial charge in [-0.15, -0.1) is 0 Å². The molecule has 0 spiro atoms. The number of benzene rings is 2. The molecule has 0 aliphatic carbocycles. The number of hydrogen-bond donors (Lipinski definition) is 0. The average molecular weight is 773 g/mol. The van der Waals surface area contributed by atoms with Gasteiger partial charge in [-0.25, -0.2) is 10.0 Å². The first-order valence-electron chi connectivity index (χ1n) is 12.8. The molecule has 0 N–H and O–H groups in total. The Morgan fingerprint density at radius 2 is 1.00 bits per heavy atom. The fourth-order valence-corrected chi connectivity index (χ4v) is 6.66. The van der Waals surface area contributed by atoms with E-state index >= 15 is 0 Å². The zero-order valence-corrected chi connectivity index (χ0v) is 30.1. The summed E-state index contributed by atoms with van der Waals surface area (Å²) in [5.41, 5.74) is 3.43. The van der Waals surface area contributed by atoms with Crippen molar-refractivity contribution in [1.82, 2.24) is 10.0 Å². The fourth-order valence-electron chi connectivity index (χ4n) is 4.35. The van der Waals surface area contributed by atoms with E-state index in [1.807, 2.05) is 0 Å². The van der Waals surface area contributed by atoms with Crippen molar-refractivity contribution in [1.29, 1.82) is 0 Å². The minimum absolute atomic E-state index is 0.246. The van der Waals surface area contributed by atoms with Gasteiger partial charge in [-0.1, -0.05) is 66.4 Å². The summed E-state index contributed by atoms with van der Waals surface area (Å²) in [6.07, 6.45) is 3.23. The first kappa shape index (κ1) is 35.4. The number of rotatable bonds is 8. The van der Waals surface area contributed by atoms with Crippen LogP contribution in [0.25, 0.3) is 0 Å². The average Bonchev–Trinajstić information content (AvgIpc) is 3.38. The van der Waals surface area contributed by atoms with Gasteiger partial charge in [0.1, 0.15) is 25.6 Å². The summed E-state index contributed by atoms with van der Waals surface area (Å²) in [5.74, 6) is -0.493. The number of hydrogen-bond acceptors (Lipinski definition) is 10. The number of halogens is 2. The highest BCUT2D eigenvalue weighted by Crippen LogP contribution is 2.35. The number of oxime groups is 2. The van der Waals surface area contributed by atoms with Crippen LogP contribution in [0, 0.1) is 0 Å². The van der Waals surface area contributed by atoms with Gasteiger partial charge < -0.3 is 9.68 Å². The lowest BCUT2D eigenvalue weighted by Crippen LogP contribution is -2.46. The van der Waals surface area contributed by atoms with E-state index in [4.69, 9.17) is 9.68 Å². The molecular formula is C28H32Br2N6O6S2. The third kappa shape index (κ3) is 6.77. The highest BCUT2D eigenvalue weighted by Gasteiger charge is 2.52. The van der Waals surface area contributed by atoms with Crippen molar-refractivity contribution in [2.24, 2.45) is 20.5 Å². The second kappa shape index (κ2) is 14.3. The molecule has 0 saturated heterocycles. The summed E-state index contributed by atoms with van der Waals surface area (Å²) in [4.78, 5) is 36.0. The van der Waals surface area contributed by atoms with Crippen LogP contribution in [0.4, 0.5) is 0 Å². The lowest BCUT2D eigenvalue weighted by Gasteiger charge is -2.21. The van der Waals surface area contributed by atoms with Gasteiger partial charge in [-0.3, -0.25) is 18.0 Å². The molecule has 236 valence electrons. The Hall–Kier alpha value is -3.08. The first-order valence-corrected chi connectivity index (χ1v) is 17.5.